The van der Waals surface area contributed by atoms with Crippen molar-refractivity contribution in [2.75, 3.05) is 5.32 Å². The van der Waals surface area contributed by atoms with E-state index in [4.69, 9.17) is 4.42 Å². The van der Waals surface area contributed by atoms with Gasteiger partial charge in [-0.05, 0) is 12.1 Å². The first-order valence-corrected chi connectivity index (χ1v) is 4.91. The van der Waals surface area contributed by atoms with Crippen LogP contribution in [-0.4, -0.2) is 20.8 Å². The summed E-state index contributed by atoms with van der Waals surface area (Å²) in [6.45, 7) is 1.35. The molecule has 2 rings (SSSR count). The largest absolute Gasteiger partial charge is 0.433 e. The third-order valence-electron chi connectivity index (χ3n) is 1.95. The van der Waals surface area contributed by atoms with Gasteiger partial charge in [-0.2, -0.15) is 0 Å². The zero-order chi connectivity index (χ0) is 13.1. The van der Waals surface area contributed by atoms with Gasteiger partial charge in [0.2, 0.25) is 5.91 Å². The third kappa shape index (κ3) is 2.48. The number of amides is 1. The molecule has 0 saturated heterocycles. The zero-order valence-corrected chi connectivity index (χ0v) is 9.28. The van der Waals surface area contributed by atoms with Crippen LogP contribution in [0.5, 0.6) is 0 Å². The van der Waals surface area contributed by atoms with Crippen LogP contribution in [0.3, 0.4) is 0 Å². The quantitative estimate of drug-likeness (QED) is 0.652. The van der Waals surface area contributed by atoms with Crippen molar-refractivity contribution in [1.82, 2.24) is 9.97 Å². The van der Waals surface area contributed by atoms with Gasteiger partial charge in [-0.15, -0.1) is 0 Å². The van der Waals surface area contributed by atoms with E-state index in [9.17, 15) is 14.9 Å². The molecule has 8 heteroatoms. The average molecular weight is 248 g/mol. The monoisotopic (exact) mass is 248 g/mol. The van der Waals surface area contributed by atoms with Gasteiger partial charge in [-0.25, -0.2) is 9.97 Å². The fraction of sp³-hybridized carbons (Fsp3) is 0.100. The summed E-state index contributed by atoms with van der Waals surface area (Å²) >= 11 is 0. The van der Waals surface area contributed by atoms with Crippen LogP contribution >= 0.6 is 0 Å². The molecule has 8 nitrogen and oxygen atoms in total. The first kappa shape index (κ1) is 11.7. The van der Waals surface area contributed by atoms with Crippen molar-refractivity contribution in [2.24, 2.45) is 0 Å². The van der Waals surface area contributed by atoms with Crippen LogP contribution in [0.25, 0.3) is 11.6 Å². The predicted molar refractivity (Wildman–Crippen MR) is 60.7 cm³/mol. The van der Waals surface area contributed by atoms with Gasteiger partial charge in [-0.3, -0.25) is 14.9 Å². The molecule has 0 bridgehead atoms. The molecule has 0 spiro atoms. The first-order chi connectivity index (χ1) is 8.56. The van der Waals surface area contributed by atoms with Gasteiger partial charge in [0.25, 0.3) is 0 Å². The summed E-state index contributed by atoms with van der Waals surface area (Å²) in [6, 6.07) is 4.11. The molecule has 0 aliphatic rings. The molecule has 0 unspecified atom stereocenters. The number of rotatable bonds is 3. The molecule has 0 atom stereocenters. The second-order valence-corrected chi connectivity index (χ2v) is 3.34. The number of nitrogens with zero attached hydrogens (tertiary/aromatic N) is 3. The second kappa shape index (κ2) is 4.62. The number of hydrogen-bond donors (Lipinski definition) is 1. The van der Waals surface area contributed by atoms with Crippen LogP contribution in [0.1, 0.15) is 6.92 Å². The molecule has 1 N–H and O–H groups in total. The highest BCUT2D eigenvalue weighted by atomic mass is 16.6. The lowest BCUT2D eigenvalue weighted by Gasteiger charge is -2.01. The standard InChI is InChI=1S/C10H8N4O4/c1-6(15)12-8-4-5-11-10(13-8)7-2-3-9(18-7)14(16)17/h2-5H,1H3,(H,11,12,13,15). The van der Waals surface area contributed by atoms with Crippen LogP contribution in [0.15, 0.2) is 28.8 Å². The number of carbonyl (C=O) groups excluding carboxylic acids is 1. The number of anilines is 1. The number of hydrogen-bond acceptors (Lipinski definition) is 6. The maximum Gasteiger partial charge on any atom is 0.433 e. The Hall–Kier alpha value is -2.77. The Morgan fingerprint density at radius 1 is 1.44 bits per heavy atom. The maximum atomic E-state index is 10.9. The van der Waals surface area contributed by atoms with Crippen molar-refractivity contribution < 1.29 is 14.1 Å². The SMILES string of the molecule is CC(=O)Nc1ccnc(-c2ccc([N+](=O)[O-])o2)n1. The molecule has 92 valence electrons. The van der Waals surface area contributed by atoms with Crippen molar-refractivity contribution in [3.8, 4) is 11.6 Å². The van der Waals surface area contributed by atoms with Crippen LogP contribution in [0, 0.1) is 10.1 Å². The fourth-order valence-electron chi connectivity index (χ4n) is 1.27. The van der Waals surface area contributed by atoms with Crippen molar-refractivity contribution in [1.29, 1.82) is 0 Å². The number of nitro groups is 1. The Kier molecular flexibility index (Phi) is 3.00. The summed E-state index contributed by atoms with van der Waals surface area (Å²) in [5.41, 5.74) is 0. The van der Waals surface area contributed by atoms with Crippen LogP contribution in [-0.2, 0) is 4.79 Å². The average Bonchev–Trinajstić information content (AvgIpc) is 2.77. The molecule has 18 heavy (non-hydrogen) atoms. The lowest BCUT2D eigenvalue weighted by Crippen LogP contribution is -2.07. The number of aromatic nitrogens is 2. The summed E-state index contributed by atoms with van der Waals surface area (Å²) < 4.78 is 4.95. The Morgan fingerprint density at radius 2 is 2.22 bits per heavy atom. The summed E-state index contributed by atoms with van der Waals surface area (Å²) in [6.07, 6.45) is 1.42. The van der Waals surface area contributed by atoms with Crippen molar-refractivity contribution in [2.45, 2.75) is 6.92 Å². The molecule has 0 saturated carbocycles. The normalized spacial score (nSPS) is 10.1. The van der Waals surface area contributed by atoms with E-state index in [2.05, 4.69) is 15.3 Å². The van der Waals surface area contributed by atoms with Crippen LogP contribution < -0.4 is 5.32 Å². The Labute approximate surface area is 101 Å². The number of furan rings is 1. The van der Waals surface area contributed by atoms with E-state index in [1.807, 2.05) is 0 Å². The molecular formula is C10H8N4O4. The van der Waals surface area contributed by atoms with Crippen molar-refractivity contribution >= 4 is 17.6 Å². The summed E-state index contributed by atoms with van der Waals surface area (Å²) in [5.74, 6) is -0.0431. The summed E-state index contributed by atoms with van der Waals surface area (Å²) in [7, 11) is 0. The van der Waals surface area contributed by atoms with Gasteiger partial charge in [-0.1, -0.05) is 0 Å². The molecule has 0 fully saturated rings. The first-order valence-electron chi connectivity index (χ1n) is 4.91. The summed E-state index contributed by atoms with van der Waals surface area (Å²) in [4.78, 5) is 28.6. The minimum absolute atomic E-state index is 0.161. The van der Waals surface area contributed by atoms with Gasteiger partial charge in [0, 0.05) is 13.1 Å². The van der Waals surface area contributed by atoms with Gasteiger partial charge >= 0.3 is 5.88 Å². The second-order valence-electron chi connectivity index (χ2n) is 3.34. The molecular weight excluding hydrogens is 240 g/mol. The molecule has 0 aromatic carbocycles. The highest BCUT2D eigenvalue weighted by Gasteiger charge is 2.15. The van der Waals surface area contributed by atoms with Crippen LogP contribution in [0.2, 0.25) is 0 Å². The van der Waals surface area contributed by atoms with Gasteiger partial charge < -0.3 is 9.73 Å². The van der Waals surface area contributed by atoms with Crippen molar-refractivity contribution in [3.63, 3.8) is 0 Å². The maximum absolute atomic E-state index is 10.9. The van der Waals surface area contributed by atoms with E-state index in [-0.39, 0.29) is 17.5 Å². The smallest absolute Gasteiger partial charge is 0.397 e. The third-order valence-corrected chi connectivity index (χ3v) is 1.95. The van der Waals surface area contributed by atoms with E-state index < -0.39 is 10.8 Å². The molecule has 1 amide bonds. The Morgan fingerprint density at radius 3 is 2.83 bits per heavy atom. The minimum Gasteiger partial charge on any atom is -0.397 e. The molecule has 2 heterocycles. The molecule has 0 radical (unpaired) electrons. The van der Waals surface area contributed by atoms with E-state index in [0.29, 0.717) is 5.82 Å². The zero-order valence-electron chi connectivity index (χ0n) is 9.28. The van der Waals surface area contributed by atoms with Gasteiger partial charge in [0.15, 0.2) is 11.6 Å². The van der Waals surface area contributed by atoms with Gasteiger partial charge in [0.05, 0.1) is 6.07 Å². The van der Waals surface area contributed by atoms with Crippen LogP contribution in [0.4, 0.5) is 11.7 Å². The predicted octanol–water partition coefficient (Wildman–Crippen LogP) is 1.60. The number of nitrogens with one attached hydrogen (secondary N) is 1. The summed E-state index contributed by atoms with van der Waals surface area (Å²) in [5, 5.41) is 13.0. The van der Waals surface area contributed by atoms with E-state index in [0.717, 1.165) is 0 Å². The topological polar surface area (TPSA) is 111 Å². The molecule has 0 aliphatic carbocycles. The van der Waals surface area contributed by atoms with Crippen molar-refractivity contribution in [3.05, 3.63) is 34.5 Å². The van der Waals surface area contributed by atoms with Gasteiger partial charge in [0.1, 0.15) is 10.7 Å². The highest BCUT2D eigenvalue weighted by molar-refractivity contribution is 5.87. The molecule has 2 aromatic heterocycles. The van der Waals surface area contributed by atoms with E-state index >= 15 is 0 Å². The minimum atomic E-state index is -0.652. The Balaban J connectivity index is 2.32. The highest BCUT2D eigenvalue weighted by Crippen LogP contribution is 2.23. The lowest BCUT2D eigenvalue weighted by atomic mass is 10.4. The number of carbonyl (C=O) groups is 1. The molecule has 0 aliphatic heterocycles. The molecule has 2 aromatic rings. The van der Waals surface area contributed by atoms with E-state index in [1.54, 1.807) is 0 Å². The van der Waals surface area contributed by atoms with E-state index in [1.165, 1.54) is 31.3 Å². The Bertz CT molecular complexity index is 607. The lowest BCUT2D eigenvalue weighted by molar-refractivity contribution is -0.401. The fourth-order valence-corrected chi connectivity index (χ4v) is 1.27.